The van der Waals surface area contributed by atoms with Gasteiger partial charge in [0.1, 0.15) is 0 Å². The van der Waals surface area contributed by atoms with E-state index in [9.17, 15) is 18.9 Å². The number of nitrogens with zero attached hydrogens (tertiary/aromatic N) is 1. The number of carboxylic acids is 1. The van der Waals surface area contributed by atoms with E-state index in [0.29, 0.717) is 34.2 Å². The molecule has 3 aromatic carbocycles. The molecule has 1 aliphatic rings. The molecule has 34 heavy (non-hydrogen) atoms. The van der Waals surface area contributed by atoms with Gasteiger partial charge in [0.05, 0.1) is 29.0 Å². The fourth-order valence-electron chi connectivity index (χ4n) is 3.54. The van der Waals surface area contributed by atoms with Crippen molar-refractivity contribution in [1.29, 1.82) is 0 Å². The Morgan fingerprint density at radius 2 is 1.76 bits per heavy atom. The lowest BCUT2D eigenvalue weighted by molar-refractivity contribution is -0.137. The van der Waals surface area contributed by atoms with Gasteiger partial charge in [0, 0.05) is 28.4 Å². The number of anilines is 2. The Morgan fingerprint density at radius 3 is 2.44 bits per heavy atom. The van der Waals surface area contributed by atoms with Crippen LogP contribution in [0.25, 0.3) is 0 Å². The highest BCUT2D eigenvalue weighted by atomic mass is 32.2. The zero-order chi connectivity index (χ0) is 23.9. The van der Waals surface area contributed by atoms with Crippen molar-refractivity contribution in [2.45, 2.75) is 16.6 Å². The van der Waals surface area contributed by atoms with Gasteiger partial charge < -0.3 is 21.1 Å². The van der Waals surface area contributed by atoms with Gasteiger partial charge in [0.2, 0.25) is 0 Å². The van der Waals surface area contributed by atoms with Crippen molar-refractivity contribution in [3.8, 4) is 0 Å². The molecule has 174 valence electrons. The molecule has 8 nitrogen and oxygen atoms in total. The molecule has 0 saturated heterocycles. The Bertz CT molecular complexity index is 1230. The molecule has 2 atom stereocenters. The van der Waals surface area contributed by atoms with Gasteiger partial charge in [-0.15, -0.1) is 0 Å². The van der Waals surface area contributed by atoms with Crippen LogP contribution < -0.4 is 16.0 Å². The zero-order valence-electron chi connectivity index (χ0n) is 18.2. The molecule has 4 rings (SSSR count). The normalized spacial score (nSPS) is 14.4. The number of carboxylic acid groups (broad SMARTS) is 1. The number of carbonyl (C=O) groups is 2. The number of amides is 1. The first-order chi connectivity index (χ1) is 16.5. The lowest BCUT2D eigenvalue weighted by atomic mass is 10.1. The molecule has 3 aromatic rings. The Kier molecular flexibility index (Phi) is 7.34. The highest BCUT2D eigenvalue weighted by molar-refractivity contribution is 7.85. The highest BCUT2D eigenvalue weighted by Gasteiger charge is 2.23. The molecule has 0 fully saturated rings. The molecule has 1 aliphatic heterocycles. The van der Waals surface area contributed by atoms with Crippen LogP contribution in [-0.2, 0) is 15.6 Å². The largest absolute Gasteiger partial charge is 0.481 e. The van der Waals surface area contributed by atoms with Gasteiger partial charge in [-0.05, 0) is 48.0 Å². The van der Waals surface area contributed by atoms with E-state index in [1.165, 1.54) is 0 Å². The minimum atomic E-state index is -1.57. The predicted molar refractivity (Wildman–Crippen MR) is 133 cm³/mol. The molecule has 1 unspecified atom stereocenters. The summed E-state index contributed by atoms with van der Waals surface area (Å²) in [7, 11) is -1.57. The standard InChI is InChI=1S/C25H24N4O4S/c30-23(31)16-22(17-5-2-1-3-6-17)34(33)21-11-9-19(10-12-21)28-24(32)18-7-4-8-20(15-18)29-25-26-13-14-27-25/h1-12,15,22H,13-14,16H2,(H,28,32)(H,30,31)(H2,26,27,29)/t22-,34?/m0/s1. The Morgan fingerprint density at radius 1 is 1.00 bits per heavy atom. The summed E-state index contributed by atoms with van der Waals surface area (Å²) in [5, 5.41) is 17.7. The third-order valence-electron chi connectivity index (χ3n) is 5.20. The molecule has 9 heteroatoms. The molecular weight excluding hydrogens is 452 g/mol. The third-order valence-corrected chi connectivity index (χ3v) is 6.89. The molecular formula is C25H24N4O4S. The molecule has 1 heterocycles. The van der Waals surface area contributed by atoms with E-state index in [2.05, 4.69) is 20.9 Å². The van der Waals surface area contributed by atoms with Gasteiger partial charge in [-0.25, -0.2) is 0 Å². The first-order valence-corrected chi connectivity index (χ1v) is 11.9. The molecule has 0 bridgehead atoms. The van der Waals surface area contributed by atoms with Crippen molar-refractivity contribution in [2.24, 2.45) is 4.99 Å². The van der Waals surface area contributed by atoms with Crippen molar-refractivity contribution in [3.63, 3.8) is 0 Å². The van der Waals surface area contributed by atoms with Crippen molar-refractivity contribution in [2.75, 3.05) is 23.7 Å². The number of aliphatic imine (C=N–C) groups is 1. The van der Waals surface area contributed by atoms with Crippen molar-refractivity contribution in [1.82, 2.24) is 5.32 Å². The van der Waals surface area contributed by atoms with Crippen LogP contribution in [0.4, 0.5) is 11.4 Å². The summed E-state index contributed by atoms with van der Waals surface area (Å²) in [4.78, 5) is 28.8. The first-order valence-electron chi connectivity index (χ1n) is 10.7. The van der Waals surface area contributed by atoms with Gasteiger partial charge in [-0.1, -0.05) is 36.4 Å². The number of guanidine groups is 1. The molecule has 0 spiro atoms. The maximum absolute atomic E-state index is 13.2. The number of hydrogen-bond acceptors (Lipinski definition) is 6. The van der Waals surface area contributed by atoms with E-state index < -0.39 is 22.0 Å². The Balaban J connectivity index is 1.44. The second kappa shape index (κ2) is 10.8. The molecule has 0 saturated carbocycles. The smallest absolute Gasteiger partial charge is 0.304 e. The Labute approximate surface area is 199 Å². The zero-order valence-corrected chi connectivity index (χ0v) is 19.0. The van der Waals surface area contributed by atoms with Gasteiger partial charge in [-0.2, -0.15) is 0 Å². The van der Waals surface area contributed by atoms with E-state index in [-0.39, 0.29) is 12.3 Å². The number of rotatable bonds is 8. The van der Waals surface area contributed by atoms with E-state index in [1.807, 2.05) is 12.1 Å². The van der Waals surface area contributed by atoms with Crippen LogP contribution in [0.1, 0.15) is 27.6 Å². The monoisotopic (exact) mass is 476 g/mol. The maximum Gasteiger partial charge on any atom is 0.304 e. The maximum atomic E-state index is 13.2. The summed E-state index contributed by atoms with van der Waals surface area (Å²) >= 11 is 0. The van der Waals surface area contributed by atoms with Crippen LogP contribution in [0.15, 0.2) is 88.8 Å². The van der Waals surface area contributed by atoms with Gasteiger partial charge in [0.25, 0.3) is 5.91 Å². The summed E-state index contributed by atoms with van der Waals surface area (Å²) in [5.41, 5.74) is 2.46. The predicted octanol–water partition coefficient (Wildman–Crippen LogP) is 3.63. The lowest BCUT2D eigenvalue weighted by Gasteiger charge is -2.15. The van der Waals surface area contributed by atoms with E-state index in [1.54, 1.807) is 66.7 Å². The summed E-state index contributed by atoms with van der Waals surface area (Å²) in [6.45, 7) is 1.50. The first kappa shape index (κ1) is 23.2. The van der Waals surface area contributed by atoms with Gasteiger partial charge in [-0.3, -0.25) is 18.8 Å². The van der Waals surface area contributed by atoms with Gasteiger partial charge >= 0.3 is 5.97 Å². The second-order valence-electron chi connectivity index (χ2n) is 7.64. The van der Waals surface area contributed by atoms with Crippen LogP contribution in [0.2, 0.25) is 0 Å². The van der Waals surface area contributed by atoms with Crippen molar-refractivity contribution in [3.05, 3.63) is 90.0 Å². The summed E-state index contributed by atoms with van der Waals surface area (Å²) < 4.78 is 13.2. The van der Waals surface area contributed by atoms with E-state index in [4.69, 9.17) is 0 Å². The number of hydrogen-bond donors (Lipinski definition) is 4. The molecule has 0 aliphatic carbocycles. The second-order valence-corrected chi connectivity index (χ2v) is 9.27. The quantitative estimate of drug-likeness (QED) is 0.394. The SMILES string of the molecule is O=C(O)C[C@@H](c1ccccc1)S(=O)c1ccc(NC(=O)c2cccc(NC3=NCCN3)c2)cc1. The minimum absolute atomic E-state index is 0.249. The number of nitrogens with one attached hydrogen (secondary N) is 3. The average molecular weight is 477 g/mol. The third kappa shape index (κ3) is 5.87. The number of benzene rings is 3. The van der Waals surface area contributed by atoms with E-state index >= 15 is 0 Å². The Hall–Kier alpha value is -3.98. The summed E-state index contributed by atoms with van der Waals surface area (Å²) in [6.07, 6.45) is -0.249. The summed E-state index contributed by atoms with van der Waals surface area (Å²) in [6, 6.07) is 22.7. The molecule has 1 amide bonds. The van der Waals surface area contributed by atoms with E-state index in [0.717, 1.165) is 12.2 Å². The fraction of sp³-hybridized carbons (Fsp3) is 0.160. The van der Waals surface area contributed by atoms with Crippen LogP contribution in [0.5, 0.6) is 0 Å². The number of aliphatic carboxylic acids is 1. The van der Waals surface area contributed by atoms with Crippen LogP contribution in [-0.4, -0.2) is 40.2 Å². The topological polar surface area (TPSA) is 120 Å². The van der Waals surface area contributed by atoms with Crippen molar-refractivity contribution < 1.29 is 18.9 Å². The van der Waals surface area contributed by atoms with Crippen LogP contribution >= 0.6 is 0 Å². The molecule has 0 radical (unpaired) electrons. The lowest BCUT2D eigenvalue weighted by Crippen LogP contribution is -2.26. The highest BCUT2D eigenvalue weighted by Crippen LogP contribution is 2.29. The minimum Gasteiger partial charge on any atom is -0.481 e. The summed E-state index contributed by atoms with van der Waals surface area (Å²) in [5.74, 6) is -0.622. The van der Waals surface area contributed by atoms with Gasteiger partial charge in [0.15, 0.2) is 5.96 Å². The van der Waals surface area contributed by atoms with Crippen LogP contribution in [0, 0.1) is 0 Å². The van der Waals surface area contributed by atoms with Crippen LogP contribution in [0.3, 0.4) is 0 Å². The number of carbonyl (C=O) groups excluding carboxylic acids is 1. The average Bonchev–Trinajstić information content (AvgIpc) is 3.36. The van der Waals surface area contributed by atoms with Crippen molar-refractivity contribution >= 4 is 40.0 Å². The molecule has 0 aromatic heterocycles. The molecule has 4 N–H and O–H groups in total. The fourth-order valence-corrected chi connectivity index (χ4v) is 4.97.